The minimum atomic E-state index is 0.143. The van der Waals surface area contributed by atoms with Crippen molar-refractivity contribution in [2.75, 3.05) is 18.9 Å². The summed E-state index contributed by atoms with van der Waals surface area (Å²) in [6, 6.07) is 6.26. The van der Waals surface area contributed by atoms with E-state index in [4.69, 9.17) is 0 Å². The third-order valence-electron chi connectivity index (χ3n) is 3.90. The summed E-state index contributed by atoms with van der Waals surface area (Å²) in [7, 11) is 1.89. The maximum atomic E-state index is 12.5. The van der Waals surface area contributed by atoms with Gasteiger partial charge in [0, 0.05) is 30.9 Å². The first kappa shape index (κ1) is 12.9. The van der Waals surface area contributed by atoms with Crippen LogP contribution in [0.2, 0.25) is 0 Å². The van der Waals surface area contributed by atoms with Crippen LogP contribution in [0.15, 0.2) is 18.2 Å². The molecular weight excluding hydrogens is 224 g/mol. The van der Waals surface area contributed by atoms with E-state index in [0.29, 0.717) is 0 Å². The summed E-state index contributed by atoms with van der Waals surface area (Å²) in [5.41, 5.74) is 3.18. The molecule has 1 atom stereocenters. The Morgan fingerprint density at radius 2 is 2.28 bits per heavy atom. The van der Waals surface area contributed by atoms with Gasteiger partial charge in [-0.3, -0.25) is 4.79 Å². The summed E-state index contributed by atoms with van der Waals surface area (Å²) in [6.45, 7) is 5.20. The third-order valence-corrected chi connectivity index (χ3v) is 3.90. The van der Waals surface area contributed by atoms with Crippen molar-refractivity contribution in [3.05, 3.63) is 29.3 Å². The fraction of sp³-hybridized carbons (Fsp3) is 0.533. The Kier molecular flexibility index (Phi) is 3.90. The van der Waals surface area contributed by atoms with Gasteiger partial charge in [-0.05, 0) is 43.9 Å². The zero-order chi connectivity index (χ0) is 13.1. The molecule has 0 bridgehead atoms. The number of hydrogen-bond donors (Lipinski definition) is 1. The van der Waals surface area contributed by atoms with E-state index in [9.17, 15) is 4.79 Å². The van der Waals surface area contributed by atoms with E-state index < -0.39 is 0 Å². The van der Waals surface area contributed by atoms with Crippen LogP contribution in [0.5, 0.6) is 0 Å². The highest BCUT2D eigenvalue weighted by Crippen LogP contribution is 2.26. The lowest BCUT2D eigenvalue weighted by Gasteiger charge is -2.27. The minimum Gasteiger partial charge on any atom is -0.385 e. The normalized spacial score (nSPS) is 15.5. The van der Waals surface area contributed by atoms with E-state index in [1.54, 1.807) is 0 Å². The molecule has 0 aliphatic carbocycles. The number of carbonyl (C=O) groups is 1. The predicted octanol–water partition coefficient (Wildman–Crippen LogP) is 2.92. The van der Waals surface area contributed by atoms with E-state index in [1.165, 1.54) is 5.56 Å². The molecule has 3 heteroatoms. The van der Waals surface area contributed by atoms with E-state index in [0.717, 1.165) is 37.1 Å². The van der Waals surface area contributed by atoms with Crippen LogP contribution in [0.25, 0.3) is 0 Å². The molecule has 0 fully saturated rings. The van der Waals surface area contributed by atoms with Crippen LogP contribution in [0.1, 0.15) is 42.6 Å². The Morgan fingerprint density at radius 3 is 3.00 bits per heavy atom. The SMILES string of the molecule is CCC(C)N(C)C(=O)c1cccc2c1CCCN2. The van der Waals surface area contributed by atoms with Gasteiger partial charge >= 0.3 is 0 Å². The lowest BCUT2D eigenvalue weighted by molar-refractivity contribution is 0.0739. The molecule has 0 saturated carbocycles. The number of anilines is 1. The van der Waals surface area contributed by atoms with Crippen molar-refractivity contribution < 1.29 is 4.79 Å². The summed E-state index contributed by atoms with van der Waals surface area (Å²) < 4.78 is 0. The fourth-order valence-corrected chi connectivity index (χ4v) is 2.37. The summed E-state index contributed by atoms with van der Waals surface area (Å²) in [5, 5.41) is 3.37. The number of nitrogens with zero attached hydrogens (tertiary/aromatic N) is 1. The molecule has 1 aromatic carbocycles. The molecule has 1 aliphatic rings. The Balaban J connectivity index is 2.30. The van der Waals surface area contributed by atoms with Gasteiger partial charge in [0.1, 0.15) is 0 Å². The van der Waals surface area contributed by atoms with E-state index in [-0.39, 0.29) is 11.9 Å². The Bertz CT molecular complexity index is 442. The largest absolute Gasteiger partial charge is 0.385 e. The first-order chi connectivity index (χ1) is 8.65. The Morgan fingerprint density at radius 1 is 1.50 bits per heavy atom. The number of carbonyl (C=O) groups excluding carboxylic acids is 1. The van der Waals surface area contributed by atoms with Gasteiger partial charge < -0.3 is 10.2 Å². The second-order valence-corrected chi connectivity index (χ2v) is 5.04. The standard InChI is InChI=1S/C15H22N2O/c1-4-11(2)17(3)15(18)13-7-5-9-14-12(13)8-6-10-16-14/h5,7,9,11,16H,4,6,8,10H2,1-3H3. The quantitative estimate of drug-likeness (QED) is 0.889. The fourth-order valence-electron chi connectivity index (χ4n) is 2.37. The number of nitrogens with one attached hydrogen (secondary N) is 1. The molecule has 0 saturated heterocycles. The zero-order valence-electron chi connectivity index (χ0n) is 11.5. The van der Waals surface area contributed by atoms with E-state index in [1.807, 2.05) is 24.1 Å². The molecule has 1 aromatic rings. The molecule has 1 aliphatic heterocycles. The van der Waals surface area contributed by atoms with Gasteiger partial charge in [-0.25, -0.2) is 0 Å². The van der Waals surface area contributed by atoms with Crippen LogP contribution in [0, 0.1) is 0 Å². The van der Waals surface area contributed by atoms with Crippen molar-refractivity contribution in [2.45, 2.75) is 39.2 Å². The van der Waals surface area contributed by atoms with Crippen molar-refractivity contribution in [3.63, 3.8) is 0 Å². The van der Waals surface area contributed by atoms with Crippen molar-refractivity contribution in [2.24, 2.45) is 0 Å². The molecular formula is C15H22N2O. The Labute approximate surface area is 109 Å². The lowest BCUT2D eigenvalue weighted by Crippen LogP contribution is -2.35. The molecule has 1 unspecified atom stereocenters. The summed E-state index contributed by atoms with van der Waals surface area (Å²) in [6.07, 6.45) is 3.08. The van der Waals surface area contributed by atoms with Crippen molar-refractivity contribution in [1.29, 1.82) is 0 Å². The number of hydrogen-bond acceptors (Lipinski definition) is 2. The molecule has 0 aromatic heterocycles. The van der Waals surface area contributed by atoms with Crippen LogP contribution in [-0.2, 0) is 6.42 Å². The highest BCUT2D eigenvalue weighted by atomic mass is 16.2. The van der Waals surface area contributed by atoms with Crippen LogP contribution >= 0.6 is 0 Å². The average molecular weight is 246 g/mol. The van der Waals surface area contributed by atoms with Gasteiger partial charge in [0.2, 0.25) is 0 Å². The molecule has 2 rings (SSSR count). The number of amides is 1. The highest BCUT2D eigenvalue weighted by Gasteiger charge is 2.21. The van der Waals surface area contributed by atoms with Gasteiger partial charge in [-0.2, -0.15) is 0 Å². The summed E-state index contributed by atoms with van der Waals surface area (Å²) >= 11 is 0. The summed E-state index contributed by atoms with van der Waals surface area (Å²) in [4.78, 5) is 14.4. The van der Waals surface area contributed by atoms with Crippen LogP contribution in [-0.4, -0.2) is 30.4 Å². The maximum absolute atomic E-state index is 12.5. The number of rotatable bonds is 3. The lowest BCUT2D eigenvalue weighted by atomic mass is 9.96. The molecule has 98 valence electrons. The average Bonchev–Trinajstić information content (AvgIpc) is 2.44. The zero-order valence-corrected chi connectivity index (χ0v) is 11.5. The molecule has 3 nitrogen and oxygen atoms in total. The summed E-state index contributed by atoms with van der Waals surface area (Å²) in [5.74, 6) is 0.143. The van der Waals surface area contributed by atoms with Gasteiger partial charge in [0.05, 0.1) is 0 Å². The monoisotopic (exact) mass is 246 g/mol. The third kappa shape index (κ3) is 2.35. The maximum Gasteiger partial charge on any atom is 0.254 e. The topological polar surface area (TPSA) is 32.3 Å². The minimum absolute atomic E-state index is 0.143. The van der Waals surface area contributed by atoms with E-state index in [2.05, 4.69) is 25.2 Å². The molecule has 1 N–H and O–H groups in total. The smallest absolute Gasteiger partial charge is 0.254 e. The molecule has 0 radical (unpaired) electrons. The molecule has 0 spiro atoms. The van der Waals surface area contributed by atoms with Crippen LogP contribution < -0.4 is 5.32 Å². The van der Waals surface area contributed by atoms with Gasteiger partial charge in [0.15, 0.2) is 0 Å². The molecule has 1 heterocycles. The van der Waals surface area contributed by atoms with E-state index >= 15 is 0 Å². The highest BCUT2D eigenvalue weighted by molar-refractivity contribution is 5.97. The second-order valence-electron chi connectivity index (χ2n) is 5.04. The van der Waals surface area contributed by atoms with Crippen LogP contribution in [0.3, 0.4) is 0 Å². The van der Waals surface area contributed by atoms with Crippen molar-refractivity contribution in [3.8, 4) is 0 Å². The van der Waals surface area contributed by atoms with Gasteiger partial charge in [-0.1, -0.05) is 13.0 Å². The van der Waals surface area contributed by atoms with Gasteiger partial charge in [0.25, 0.3) is 5.91 Å². The van der Waals surface area contributed by atoms with Crippen molar-refractivity contribution in [1.82, 2.24) is 4.90 Å². The van der Waals surface area contributed by atoms with Crippen molar-refractivity contribution >= 4 is 11.6 Å². The second kappa shape index (κ2) is 5.42. The number of benzene rings is 1. The Hall–Kier alpha value is -1.51. The first-order valence-electron chi connectivity index (χ1n) is 6.78. The van der Waals surface area contributed by atoms with Gasteiger partial charge in [-0.15, -0.1) is 0 Å². The van der Waals surface area contributed by atoms with Crippen LogP contribution in [0.4, 0.5) is 5.69 Å². The predicted molar refractivity (Wildman–Crippen MR) is 75.1 cm³/mol. The number of fused-ring (bicyclic) bond motifs is 1. The molecule has 18 heavy (non-hydrogen) atoms. The molecule has 1 amide bonds. The first-order valence-corrected chi connectivity index (χ1v) is 6.78.